The summed E-state index contributed by atoms with van der Waals surface area (Å²) < 4.78 is 0. The zero-order valence-corrected chi connectivity index (χ0v) is 29.3. The van der Waals surface area contributed by atoms with Gasteiger partial charge >= 0.3 is 0 Å². The Morgan fingerprint density at radius 2 is 1.40 bits per heavy atom. The van der Waals surface area contributed by atoms with Gasteiger partial charge in [-0.2, -0.15) is 0 Å². The predicted molar refractivity (Wildman–Crippen MR) is 205 cm³/mol. The third-order valence-corrected chi connectivity index (χ3v) is 8.53. The van der Waals surface area contributed by atoms with E-state index in [0.717, 1.165) is 19.3 Å². The van der Waals surface area contributed by atoms with Gasteiger partial charge in [-0.25, -0.2) is 0 Å². The number of benzene rings is 3. The van der Waals surface area contributed by atoms with E-state index in [4.69, 9.17) is 4.99 Å². The monoisotopic (exact) mass is 621 g/mol. The summed E-state index contributed by atoms with van der Waals surface area (Å²) in [6, 6.07) is 30.0. The lowest BCUT2D eigenvalue weighted by atomic mass is 9.92. The van der Waals surface area contributed by atoms with Crippen LogP contribution in [0, 0.1) is 12.8 Å². The molecule has 0 aromatic heterocycles. The van der Waals surface area contributed by atoms with Gasteiger partial charge in [-0.1, -0.05) is 110 Å². The molecule has 0 bridgehead atoms. The minimum absolute atomic E-state index is 0.282. The number of anilines is 1. The first-order valence-electron chi connectivity index (χ1n) is 16.6. The van der Waals surface area contributed by atoms with Crippen molar-refractivity contribution in [3.05, 3.63) is 184 Å². The summed E-state index contributed by atoms with van der Waals surface area (Å²) in [5, 5.41) is 0. The molecule has 5 rings (SSSR count). The molecule has 0 saturated heterocycles. The number of allylic oxidation sites excluding steroid dienone is 12. The molecule has 3 aromatic rings. The van der Waals surface area contributed by atoms with Gasteiger partial charge in [-0.05, 0) is 102 Å². The van der Waals surface area contributed by atoms with Crippen LogP contribution in [0.15, 0.2) is 172 Å². The molecular weight excluding hydrogens is 571 g/mol. The SMILES string of the molecule is CC1=C(Cc2ccccc2)C=C(C=N/C=C/C2=CC=C(N(C)C)C=CC2)C(C)C=C1Cc1ccccc1.Cc1ccc(N(C)C)cc1. The van der Waals surface area contributed by atoms with Crippen molar-refractivity contribution in [2.45, 2.75) is 40.0 Å². The molecule has 0 heterocycles. The highest BCUT2D eigenvalue weighted by molar-refractivity contribution is 5.82. The summed E-state index contributed by atoms with van der Waals surface area (Å²) in [4.78, 5) is 8.94. The van der Waals surface area contributed by atoms with Gasteiger partial charge in [0.2, 0.25) is 0 Å². The van der Waals surface area contributed by atoms with Crippen LogP contribution in [-0.2, 0) is 12.8 Å². The molecule has 1 unspecified atom stereocenters. The van der Waals surface area contributed by atoms with Crippen LogP contribution < -0.4 is 4.90 Å². The van der Waals surface area contributed by atoms with Gasteiger partial charge < -0.3 is 9.80 Å². The van der Waals surface area contributed by atoms with Gasteiger partial charge in [0.05, 0.1) is 0 Å². The van der Waals surface area contributed by atoms with Crippen LogP contribution in [0.5, 0.6) is 0 Å². The zero-order valence-electron chi connectivity index (χ0n) is 29.3. The van der Waals surface area contributed by atoms with Crippen molar-refractivity contribution in [1.29, 1.82) is 0 Å². The summed E-state index contributed by atoms with van der Waals surface area (Å²) in [5.41, 5.74) is 13.1. The number of likely N-dealkylation sites (N-methyl/N-ethyl adjacent to an activating group) is 1. The zero-order chi connectivity index (χ0) is 33.6. The fourth-order valence-electron chi connectivity index (χ4n) is 5.50. The van der Waals surface area contributed by atoms with E-state index in [1.807, 2.05) is 26.5 Å². The maximum absolute atomic E-state index is 4.72. The highest BCUT2D eigenvalue weighted by Gasteiger charge is 2.16. The maximum atomic E-state index is 4.72. The second-order valence-corrected chi connectivity index (χ2v) is 12.8. The molecule has 0 saturated carbocycles. The molecule has 0 spiro atoms. The average molecular weight is 622 g/mol. The van der Waals surface area contributed by atoms with Crippen molar-refractivity contribution in [2.75, 3.05) is 33.1 Å². The summed E-state index contributed by atoms with van der Waals surface area (Å²) >= 11 is 0. The highest BCUT2D eigenvalue weighted by Crippen LogP contribution is 2.30. The van der Waals surface area contributed by atoms with E-state index in [2.05, 4.69) is 172 Å². The Morgan fingerprint density at radius 1 is 0.766 bits per heavy atom. The summed E-state index contributed by atoms with van der Waals surface area (Å²) in [7, 11) is 8.23. The normalized spacial score (nSPS) is 16.4. The lowest BCUT2D eigenvalue weighted by Gasteiger charge is -2.13. The third kappa shape index (κ3) is 11.1. The number of hydrogen-bond acceptors (Lipinski definition) is 3. The number of rotatable bonds is 9. The topological polar surface area (TPSA) is 18.8 Å². The van der Waals surface area contributed by atoms with Gasteiger partial charge in [-0.15, -0.1) is 0 Å². The molecule has 2 aliphatic carbocycles. The second kappa shape index (κ2) is 17.7. The van der Waals surface area contributed by atoms with Gasteiger partial charge in [0.15, 0.2) is 0 Å². The Hall–Kier alpha value is -4.89. The van der Waals surface area contributed by atoms with Crippen LogP contribution in [-0.4, -0.2) is 39.3 Å². The Morgan fingerprint density at radius 3 is 2.02 bits per heavy atom. The van der Waals surface area contributed by atoms with Crippen LogP contribution in [0.4, 0.5) is 5.69 Å². The first-order valence-corrected chi connectivity index (χ1v) is 16.6. The van der Waals surface area contributed by atoms with E-state index in [0.29, 0.717) is 0 Å². The molecule has 47 heavy (non-hydrogen) atoms. The van der Waals surface area contributed by atoms with Gasteiger partial charge in [0, 0.05) is 57.9 Å². The Labute approximate surface area is 284 Å². The lowest BCUT2D eigenvalue weighted by molar-refractivity contribution is 0.530. The number of nitrogens with zero attached hydrogens (tertiary/aromatic N) is 3. The van der Waals surface area contributed by atoms with Crippen molar-refractivity contribution in [2.24, 2.45) is 10.9 Å². The molecule has 0 fully saturated rings. The van der Waals surface area contributed by atoms with Gasteiger partial charge in [0.25, 0.3) is 0 Å². The number of aliphatic imine (C=N–C) groups is 1. The van der Waals surface area contributed by atoms with Crippen molar-refractivity contribution >= 4 is 11.9 Å². The van der Waals surface area contributed by atoms with Crippen LogP contribution in [0.1, 0.15) is 37.0 Å². The van der Waals surface area contributed by atoms with Crippen molar-refractivity contribution < 1.29 is 0 Å². The Balaban J connectivity index is 0.000000427. The summed E-state index contributed by atoms with van der Waals surface area (Å²) in [6.07, 6.45) is 22.3. The van der Waals surface area contributed by atoms with E-state index in [1.165, 1.54) is 55.9 Å². The van der Waals surface area contributed by atoms with Gasteiger partial charge in [-0.3, -0.25) is 4.99 Å². The first kappa shape index (κ1) is 35.0. The molecule has 0 N–H and O–H groups in total. The minimum atomic E-state index is 0.282. The first-order chi connectivity index (χ1) is 22.7. The Kier molecular flexibility index (Phi) is 13.2. The van der Waals surface area contributed by atoms with E-state index in [1.54, 1.807) is 0 Å². The molecule has 3 aromatic carbocycles. The smallest absolute Gasteiger partial charge is 0.0361 e. The van der Waals surface area contributed by atoms with Crippen molar-refractivity contribution in [3.63, 3.8) is 0 Å². The molecule has 0 amide bonds. The predicted octanol–water partition coefficient (Wildman–Crippen LogP) is 10.3. The van der Waals surface area contributed by atoms with E-state index in [9.17, 15) is 0 Å². The second-order valence-electron chi connectivity index (χ2n) is 12.8. The van der Waals surface area contributed by atoms with Crippen LogP contribution in [0.25, 0.3) is 0 Å². The minimum Gasteiger partial charge on any atom is -0.378 e. The van der Waals surface area contributed by atoms with Crippen LogP contribution >= 0.6 is 0 Å². The molecule has 0 radical (unpaired) electrons. The summed E-state index contributed by atoms with van der Waals surface area (Å²) in [6.45, 7) is 6.65. The molecule has 3 heteroatoms. The fraction of sp³-hybridized carbons (Fsp3) is 0.250. The lowest BCUT2D eigenvalue weighted by Crippen LogP contribution is -2.08. The molecule has 0 aliphatic heterocycles. The summed E-state index contributed by atoms with van der Waals surface area (Å²) in [5.74, 6) is 0.282. The van der Waals surface area contributed by atoms with E-state index < -0.39 is 0 Å². The third-order valence-electron chi connectivity index (χ3n) is 8.53. The average Bonchev–Trinajstić information content (AvgIpc) is 3.37. The molecule has 242 valence electrons. The van der Waals surface area contributed by atoms with Crippen molar-refractivity contribution in [1.82, 2.24) is 4.90 Å². The maximum Gasteiger partial charge on any atom is 0.0361 e. The van der Waals surface area contributed by atoms with Crippen molar-refractivity contribution in [3.8, 4) is 0 Å². The van der Waals surface area contributed by atoms with Crippen LogP contribution in [0.2, 0.25) is 0 Å². The van der Waals surface area contributed by atoms with Crippen LogP contribution in [0.3, 0.4) is 0 Å². The molecule has 3 nitrogen and oxygen atoms in total. The van der Waals surface area contributed by atoms with Gasteiger partial charge in [0.1, 0.15) is 0 Å². The standard InChI is InChI=1S/C35H38N2.C9H13N/c1-27-22-32(23-30-12-7-5-8-13-30)28(2)33(24-31-14-9-6-10-15-31)25-34(27)26-36-21-20-29-16-11-17-35(19-18-29)37(3)4;1-8-4-6-9(7-5-8)10(2)3/h5-15,17-22,25-27H,16,23-24H2,1-4H3;4-7H,1-3H3/b21-20+,36-26?;. The van der Waals surface area contributed by atoms with E-state index >= 15 is 0 Å². The van der Waals surface area contributed by atoms with E-state index in [-0.39, 0.29) is 5.92 Å². The molecule has 2 aliphatic rings. The quantitative estimate of drug-likeness (QED) is 0.221. The number of hydrogen-bond donors (Lipinski definition) is 0. The largest absolute Gasteiger partial charge is 0.378 e. The highest BCUT2D eigenvalue weighted by atomic mass is 15.1. The Bertz CT molecular complexity index is 1690. The molecule has 1 atom stereocenters. The molecular formula is C44H51N3. The fourth-order valence-corrected chi connectivity index (χ4v) is 5.50. The number of aryl methyl sites for hydroxylation is 1.